The lowest BCUT2D eigenvalue weighted by molar-refractivity contribution is 0.293. The van der Waals surface area contributed by atoms with Gasteiger partial charge < -0.3 is 9.47 Å². The van der Waals surface area contributed by atoms with Gasteiger partial charge in [-0.2, -0.15) is 0 Å². The van der Waals surface area contributed by atoms with Gasteiger partial charge in [-0.3, -0.25) is 0 Å². The van der Waals surface area contributed by atoms with E-state index in [0.717, 1.165) is 37.4 Å². The lowest BCUT2D eigenvalue weighted by Gasteiger charge is -2.07. The fraction of sp³-hybridized carbons (Fsp3) is 0.640. The van der Waals surface area contributed by atoms with Gasteiger partial charge in [-0.05, 0) is 18.9 Å². The molecule has 2 aromatic heterocycles. The first kappa shape index (κ1) is 24.1. The zero-order chi connectivity index (χ0) is 21.3. The van der Waals surface area contributed by atoms with Crippen LogP contribution in [0.1, 0.15) is 90.9 Å². The minimum absolute atomic E-state index is 0.650. The molecule has 0 aliphatic rings. The number of hydrogen-bond donors (Lipinski definition) is 0. The molecule has 0 saturated carbocycles. The van der Waals surface area contributed by atoms with E-state index >= 15 is 0 Å². The first-order chi connectivity index (χ1) is 14.8. The van der Waals surface area contributed by atoms with Crippen LogP contribution in [-0.2, 0) is 0 Å². The summed E-state index contributed by atoms with van der Waals surface area (Å²) in [4.78, 5) is 13.2. The van der Waals surface area contributed by atoms with E-state index in [2.05, 4.69) is 28.8 Å². The summed E-state index contributed by atoms with van der Waals surface area (Å²) in [5, 5.41) is 0. The van der Waals surface area contributed by atoms with E-state index < -0.39 is 0 Å². The maximum Gasteiger partial charge on any atom is 0.213 e. The molecule has 2 rings (SSSR count). The summed E-state index contributed by atoms with van der Waals surface area (Å²) in [7, 11) is 0. The molecular formula is C25H39N3O2. The SMILES string of the molecule is CCCCCCCCOc1cnc(-c2ccc(OCCCCCCCC)nc2)nc1. The smallest absolute Gasteiger partial charge is 0.213 e. The minimum atomic E-state index is 0.650. The molecule has 0 unspecified atom stereocenters. The van der Waals surface area contributed by atoms with Gasteiger partial charge in [0.05, 0.1) is 25.6 Å². The highest BCUT2D eigenvalue weighted by molar-refractivity contribution is 5.53. The average molecular weight is 414 g/mol. The van der Waals surface area contributed by atoms with Crippen LogP contribution in [0.2, 0.25) is 0 Å². The Morgan fingerprint density at radius 2 is 1.17 bits per heavy atom. The highest BCUT2D eigenvalue weighted by Gasteiger charge is 2.04. The van der Waals surface area contributed by atoms with Gasteiger partial charge >= 0.3 is 0 Å². The van der Waals surface area contributed by atoms with Crippen molar-refractivity contribution in [3.05, 3.63) is 30.7 Å². The van der Waals surface area contributed by atoms with Crippen LogP contribution in [0.5, 0.6) is 11.6 Å². The number of hydrogen-bond acceptors (Lipinski definition) is 5. The Hall–Kier alpha value is -2.17. The van der Waals surface area contributed by atoms with Crippen molar-refractivity contribution in [3.63, 3.8) is 0 Å². The predicted molar refractivity (Wildman–Crippen MR) is 123 cm³/mol. The van der Waals surface area contributed by atoms with E-state index in [-0.39, 0.29) is 0 Å². The van der Waals surface area contributed by atoms with Gasteiger partial charge in [0.1, 0.15) is 0 Å². The number of pyridine rings is 1. The molecule has 0 radical (unpaired) electrons. The summed E-state index contributed by atoms with van der Waals surface area (Å²) in [6, 6.07) is 3.84. The molecule has 0 N–H and O–H groups in total. The van der Waals surface area contributed by atoms with E-state index in [9.17, 15) is 0 Å². The second-order valence-corrected chi connectivity index (χ2v) is 7.86. The van der Waals surface area contributed by atoms with E-state index in [1.54, 1.807) is 18.6 Å². The number of unbranched alkanes of at least 4 members (excludes halogenated alkanes) is 10. The molecule has 0 saturated heterocycles. The van der Waals surface area contributed by atoms with Gasteiger partial charge in [0.2, 0.25) is 5.88 Å². The number of nitrogens with zero attached hydrogens (tertiary/aromatic N) is 3. The highest BCUT2D eigenvalue weighted by atomic mass is 16.5. The Morgan fingerprint density at radius 1 is 0.600 bits per heavy atom. The van der Waals surface area contributed by atoms with Crippen LogP contribution < -0.4 is 9.47 Å². The first-order valence-electron chi connectivity index (χ1n) is 11.9. The van der Waals surface area contributed by atoms with E-state index in [0.29, 0.717) is 11.7 Å². The third-order valence-electron chi connectivity index (χ3n) is 5.14. The van der Waals surface area contributed by atoms with Crippen molar-refractivity contribution in [2.24, 2.45) is 0 Å². The number of rotatable bonds is 17. The van der Waals surface area contributed by atoms with Crippen LogP contribution in [0.3, 0.4) is 0 Å². The standard InChI is InChI=1S/C25H39N3O2/c1-3-5-7-9-11-13-17-29-23-20-27-25(28-21-23)22-15-16-24(26-19-22)30-18-14-12-10-8-6-4-2/h15-16,19-21H,3-14,17-18H2,1-2H3. The third kappa shape index (κ3) is 10.0. The molecule has 30 heavy (non-hydrogen) atoms. The van der Waals surface area contributed by atoms with Crippen LogP contribution >= 0.6 is 0 Å². The maximum atomic E-state index is 5.75. The fourth-order valence-electron chi connectivity index (χ4n) is 3.27. The zero-order valence-electron chi connectivity index (χ0n) is 18.9. The van der Waals surface area contributed by atoms with Crippen molar-refractivity contribution in [1.29, 1.82) is 0 Å². The molecule has 0 bridgehead atoms. The molecule has 0 atom stereocenters. The van der Waals surface area contributed by atoms with Gasteiger partial charge in [-0.15, -0.1) is 0 Å². The molecule has 2 heterocycles. The van der Waals surface area contributed by atoms with Crippen LogP contribution in [0.25, 0.3) is 11.4 Å². The topological polar surface area (TPSA) is 57.1 Å². The van der Waals surface area contributed by atoms with Gasteiger partial charge in [-0.25, -0.2) is 15.0 Å². The Labute approximate surface area is 182 Å². The summed E-state index contributed by atoms with van der Waals surface area (Å²) in [6.45, 7) is 5.92. The molecular weight excluding hydrogens is 374 g/mol. The number of aromatic nitrogens is 3. The van der Waals surface area contributed by atoms with Crippen molar-refractivity contribution in [1.82, 2.24) is 15.0 Å². The largest absolute Gasteiger partial charge is 0.490 e. The summed E-state index contributed by atoms with van der Waals surface area (Å²) in [5.74, 6) is 2.03. The van der Waals surface area contributed by atoms with E-state index in [4.69, 9.17) is 9.47 Å². The van der Waals surface area contributed by atoms with Crippen molar-refractivity contribution in [3.8, 4) is 23.0 Å². The average Bonchev–Trinajstić information content (AvgIpc) is 2.79. The molecule has 5 heteroatoms. The van der Waals surface area contributed by atoms with Gasteiger partial charge in [0, 0.05) is 17.8 Å². The van der Waals surface area contributed by atoms with Crippen molar-refractivity contribution in [2.45, 2.75) is 90.9 Å². The molecule has 2 aromatic rings. The molecule has 0 spiro atoms. The molecule has 0 fully saturated rings. The van der Waals surface area contributed by atoms with Crippen LogP contribution in [0.15, 0.2) is 30.7 Å². The number of ether oxygens (including phenoxy) is 2. The van der Waals surface area contributed by atoms with Gasteiger partial charge in [0.25, 0.3) is 0 Å². The predicted octanol–water partition coefficient (Wildman–Crippen LogP) is 7.02. The van der Waals surface area contributed by atoms with Crippen molar-refractivity contribution < 1.29 is 9.47 Å². The van der Waals surface area contributed by atoms with Crippen molar-refractivity contribution in [2.75, 3.05) is 13.2 Å². The van der Waals surface area contributed by atoms with E-state index in [1.807, 2.05) is 12.1 Å². The third-order valence-corrected chi connectivity index (χ3v) is 5.14. The lowest BCUT2D eigenvalue weighted by Crippen LogP contribution is -2.00. The van der Waals surface area contributed by atoms with Crippen LogP contribution in [-0.4, -0.2) is 28.2 Å². The summed E-state index contributed by atoms with van der Waals surface area (Å²) < 4.78 is 11.5. The molecule has 0 amide bonds. The Bertz CT molecular complexity index is 600. The van der Waals surface area contributed by atoms with Crippen molar-refractivity contribution >= 4 is 0 Å². The maximum absolute atomic E-state index is 5.75. The fourth-order valence-corrected chi connectivity index (χ4v) is 3.27. The summed E-state index contributed by atoms with van der Waals surface area (Å²) >= 11 is 0. The molecule has 0 aromatic carbocycles. The summed E-state index contributed by atoms with van der Waals surface area (Å²) in [6.07, 6.45) is 20.3. The van der Waals surface area contributed by atoms with E-state index in [1.165, 1.54) is 64.2 Å². The molecule has 166 valence electrons. The quantitative estimate of drug-likeness (QED) is 0.261. The second-order valence-electron chi connectivity index (χ2n) is 7.86. The Balaban J connectivity index is 1.65. The molecule has 0 aliphatic carbocycles. The monoisotopic (exact) mass is 413 g/mol. The minimum Gasteiger partial charge on any atom is -0.490 e. The highest BCUT2D eigenvalue weighted by Crippen LogP contribution is 2.18. The van der Waals surface area contributed by atoms with Gasteiger partial charge in [-0.1, -0.05) is 78.1 Å². The normalized spacial score (nSPS) is 10.9. The Kier molecular flexibility index (Phi) is 12.6. The molecule has 5 nitrogen and oxygen atoms in total. The summed E-state index contributed by atoms with van der Waals surface area (Å²) in [5.41, 5.74) is 0.879. The Morgan fingerprint density at radius 3 is 1.73 bits per heavy atom. The first-order valence-corrected chi connectivity index (χ1v) is 11.9. The zero-order valence-corrected chi connectivity index (χ0v) is 18.9. The van der Waals surface area contributed by atoms with Crippen LogP contribution in [0.4, 0.5) is 0 Å². The second kappa shape index (κ2) is 15.6. The van der Waals surface area contributed by atoms with Crippen LogP contribution in [0, 0.1) is 0 Å². The van der Waals surface area contributed by atoms with Gasteiger partial charge in [0.15, 0.2) is 11.6 Å². The lowest BCUT2D eigenvalue weighted by atomic mass is 10.1. The molecule has 0 aliphatic heterocycles.